The molecule has 2 rings (SSSR count). The zero-order chi connectivity index (χ0) is 16.1. The van der Waals surface area contributed by atoms with Crippen molar-refractivity contribution in [1.29, 1.82) is 0 Å². The Morgan fingerprint density at radius 2 is 2.23 bits per heavy atom. The minimum Gasteiger partial charge on any atom is -0.388 e. The van der Waals surface area contributed by atoms with E-state index in [0.29, 0.717) is 12.1 Å². The maximum atomic E-state index is 13.1. The molecule has 1 unspecified atom stereocenters. The van der Waals surface area contributed by atoms with Gasteiger partial charge in [0.05, 0.1) is 23.2 Å². The van der Waals surface area contributed by atoms with Crippen LogP contribution in [0, 0.1) is 19.7 Å². The molecule has 0 aliphatic heterocycles. The van der Waals surface area contributed by atoms with Gasteiger partial charge in [-0.3, -0.25) is 4.79 Å². The highest BCUT2D eigenvalue weighted by molar-refractivity contribution is 7.11. The van der Waals surface area contributed by atoms with Gasteiger partial charge in [0.2, 0.25) is 5.91 Å². The number of thiazole rings is 1. The number of nitrogens with one attached hydrogen (secondary N) is 1. The Hall–Kier alpha value is -1.79. The van der Waals surface area contributed by atoms with Gasteiger partial charge in [0.25, 0.3) is 0 Å². The molecule has 0 saturated carbocycles. The summed E-state index contributed by atoms with van der Waals surface area (Å²) >= 11 is 1.62. The third-order valence-corrected chi connectivity index (χ3v) is 4.42. The van der Waals surface area contributed by atoms with Crippen LogP contribution in [0.25, 0.3) is 0 Å². The van der Waals surface area contributed by atoms with Crippen LogP contribution in [0.15, 0.2) is 24.3 Å². The number of hydrogen-bond acceptors (Lipinski definition) is 4. The van der Waals surface area contributed by atoms with Gasteiger partial charge in [-0.25, -0.2) is 9.37 Å². The van der Waals surface area contributed by atoms with Gasteiger partial charge in [0.1, 0.15) is 5.82 Å². The van der Waals surface area contributed by atoms with E-state index in [2.05, 4.69) is 10.3 Å². The number of amides is 1. The average Bonchev–Trinajstić information content (AvgIpc) is 2.77. The summed E-state index contributed by atoms with van der Waals surface area (Å²) in [4.78, 5) is 17.3. The van der Waals surface area contributed by atoms with Crippen molar-refractivity contribution in [1.82, 2.24) is 10.3 Å². The van der Waals surface area contributed by atoms with Crippen molar-refractivity contribution in [2.75, 3.05) is 6.54 Å². The smallest absolute Gasteiger partial charge is 0.222 e. The maximum Gasteiger partial charge on any atom is 0.222 e. The standard InChI is InChI=1S/C16H19FN2O2S/c1-10-15(22-11(2)19-10)6-7-18-16(21)9-14(20)12-4-3-5-13(17)8-12/h3-5,8,14,20H,6-7,9H2,1-2H3,(H,18,21). The first-order valence-corrected chi connectivity index (χ1v) is 7.90. The Bertz CT molecular complexity index is 657. The normalized spacial score (nSPS) is 12.2. The van der Waals surface area contributed by atoms with E-state index in [1.807, 2.05) is 13.8 Å². The fourth-order valence-corrected chi connectivity index (χ4v) is 3.14. The van der Waals surface area contributed by atoms with Gasteiger partial charge in [-0.05, 0) is 31.5 Å². The van der Waals surface area contributed by atoms with E-state index in [1.165, 1.54) is 18.2 Å². The summed E-state index contributed by atoms with van der Waals surface area (Å²) in [6.07, 6.45) is -0.355. The van der Waals surface area contributed by atoms with Gasteiger partial charge in [-0.2, -0.15) is 0 Å². The summed E-state index contributed by atoms with van der Waals surface area (Å²) < 4.78 is 13.1. The largest absolute Gasteiger partial charge is 0.388 e. The van der Waals surface area contributed by atoms with Crippen molar-refractivity contribution in [3.8, 4) is 0 Å². The van der Waals surface area contributed by atoms with Crippen LogP contribution < -0.4 is 5.32 Å². The van der Waals surface area contributed by atoms with Crippen molar-refractivity contribution in [2.24, 2.45) is 0 Å². The number of hydrogen-bond donors (Lipinski definition) is 2. The van der Waals surface area contributed by atoms with E-state index in [0.717, 1.165) is 22.0 Å². The number of nitrogens with zero attached hydrogens (tertiary/aromatic N) is 1. The summed E-state index contributed by atoms with van der Waals surface area (Å²) in [5.41, 5.74) is 1.40. The Morgan fingerprint density at radius 3 is 2.86 bits per heavy atom. The number of aliphatic hydroxyl groups is 1. The second kappa shape index (κ2) is 7.47. The molecule has 22 heavy (non-hydrogen) atoms. The first-order valence-electron chi connectivity index (χ1n) is 7.09. The van der Waals surface area contributed by atoms with Crippen LogP contribution in [0.5, 0.6) is 0 Å². The Balaban J connectivity index is 1.79. The van der Waals surface area contributed by atoms with Crippen molar-refractivity contribution in [3.05, 3.63) is 51.2 Å². The lowest BCUT2D eigenvalue weighted by Gasteiger charge is -2.11. The fourth-order valence-electron chi connectivity index (χ4n) is 2.20. The highest BCUT2D eigenvalue weighted by atomic mass is 32.1. The lowest BCUT2D eigenvalue weighted by atomic mass is 10.1. The Labute approximate surface area is 133 Å². The van der Waals surface area contributed by atoms with E-state index in [9.17, 15) is 14.3 Å². The lowest BCUT2D eigenvalue weighted by molar-refractivity contribution is -0.123. The third kappa shape index (κ3) is 4.61. The van der Waals surface area contributed by atoms with Crippen LogP contribution in [-0.2, 0) is 11.2 Å². The molecule has 1 amide bonds. The molecule has 0 fully saturated rings. The number of aromatic nitrogens is 1. The molecule has 1 aromatic carbocycles. The molecule has 0 bridgehead atoms. The van der Waals surface area contributed by atoms with Crippen LogP contribution in [0.4, 0.5) is 4.39 Å². The number of aryl methyl sites for hydroxylation is 2. The number of benzene rings is 1. The molecular weight excluding hydrogens is 303 g/mol. The van der Waals surface area contributed by atoms with Gasteiger partial charge in [0, 0.05) is 17.8 Å². The van der Waals surface area contributed by atoms with Crippen LogP contribution >= 0.6 is 11.3 Å². The number of rotatable bonds is 6. The Morgan fingerprint density at radius 1 is 1.45 bits per heavy atom. The van der Waals surface area contributed by atoms with E-state index in [1.54, 1.807) is 17.4 Å². The minimum absolute atomic E-state index is 0.0792. The van der Waals surface area contributed by atoms with Crippen LogP contribution in [0.2, 0.25) is 0 Å². The SMILES string of the molecule is Cc1nc(C)c(CCNC(=O)CC(O)c2cccc(F)c2)s1. The molecule has 1 atom stereocenters. The minimum atomic E-state index is -0.997. The topological polar surface area (TPSA) is 62.2 Å². The molecule has 0 aliphatic carbocycles. The summed E-state index contributed by atoms with van der Waals surface area (Å²) in [6, 6.07) is 5.66. The lowest BCUT2D eigenvalue weighted by Crippen LogP contribution is -2.27. The molecule has 0 saturated heterocycles. The predicted molar refractivity (Wildman–Crippen MR) is 84.3 cm³/mol. The maximum absolute atomic E-state index is 13.1. The van der Waals surface area contributed by atoms with Crippen molar-refractivity contribution >= 4 is 17.2 Å². The van der Waals surface area contributed by atoms with Crippen LogP contribution in [0.3, 0.4) is 0 Å². The van der Waals surface area contributed by atoms with Gasteiger partial charge < -0.3 is 10.4 Å². The van der Waals surface area contributed by atoms with Crippen LogP contribution in [0.1, 0.15) is 33.7 Å². The number of carbonyl (C=O) groups excluding carboxylic acids is 1. The summed E-state index contributed by atoms with van der Waals surface area (Å²) in [5, 5.41) is 13.7. The molecule has 118 valence electrons. The second-order valence-electron chi connectivity index (χ2n) is 5.12. The Kier molecular flexibility index (Phi) is 5.63. The van der Waals surface area contributed by atoms with Crippen LogP contribution in [-0.4, -0.2) is 22.5 Å². The zero-order valence-corrected chi connectivity index (χ0v) is 13.4. The molecule has 1 heterocycles. The molecule has 1 aromatic heterocycles. The number of halogens is 1. The molecule has 2 aromatic rings. The fraction of sp³-hybridized carbons (Fsp3) is 0.375. The van der Waals surface area contributed by atoms with E-state index < -0.39 is 11.9 Å². The monoisotopic (exact) mass is 322 g/mol. The average molecular weight is 322 g/mol. The van der Waals surface area contributed by atoms with Gasteiger partial charge in [-0.1, -0.05) is 12.1 Å². The molecule has 0 spiro atoms. The van der Waals surface area contributed by atoms with Crippen molar-refractivity contribution in [2.45, 2.75) is 32.8 Å². The van der Waals surface area contributed by atoms with E-state index in [4.69, 9.17) is 0 Å². The highest BCUT2D eigenvalue weighted by Crippen LogP contribution is 2.18. The van der Waals surface area contributed by atoms with Crippen molar-refractivity contribution < 1.29 is 14.3 Å². The van der Waals surface area contributed by atoms with Crippen molar-refractivity contribution in [3.63, 3.8) is 0 Å². The van der Waals surface area contributed by atoms with E-state index >= 15 is 0 Å². The molecule has 0 radical (unpaired) electrons. The molecule has 4 nitrogen and oxygen atoms in total. The van der Waals surface area contributed by atoms with Gasteiger partial charge >= 0.3 is 0 Å². The highest BCUT2D eigenvalue weighted by Gasteiger charge is 2.13. The molecule has 2 N–H and O–H groups in total. The van der Waals surface area contributed by atoms with Gasteiger partial charge in [0.15, 0.2) is 0 Å². The predicted octanol–water partition coefficient (Wildman–Crippen LogP) is 2.68. The summed E-state index contributed by atoms with van der Waals surface area (Å²) in [6.45, 7) is 4.40. The number of aliphatic hydroxyl groups excluding tert-OH is 1. The first-order chi connectivity index (χ1) is 10.5. The zero-order valence-electron chi connectivity index (χ0n) is 12.6. The second-order valence-corrected chi connectivity index (χ2v) is 6.40. The third-order valence-electron chi connectivity index (χ3n) is 3.29. The summed E-state index contributed by atoms with van der Waals surface area (Å²) in [7, 11) is 0. The molecular formula is C16H19FN2O2S. The first kappa shape index (κ1) is 16.6. The molecule has 0 aliphatic rings. The summed E-state index contributed by atoms with van der Waals surface area (Å²) in [5.74, 6) is -0.677. The van der Waals surface area contributed by atoms with Gasteiger partial charge in [-0.15, -0.1) is 11.3 Å². The van der Waals surface area contributed by atoms with E-state index in [-0.39, 0.29) is 12.3 Å². The molecule has 6 heteroatoms. The quantitative estimate of drug-likeness (QED) is 0.859. The number of carbonyl (C=O) groups is 1.